The Bertz CT molecular complexity index is 305. The maximum absolute atomic E-state index is 12.0. The number of nitrogens with zero attached hydrogens (tertiary/aromatic N) is 3. The predicted octanol–water partition coefficient (Wildman–Crippen LogP) is 1.59. The van der Waals surface area contributed by atoms with Crippen molar-refractivity contribution < 1.29 is 8.78 Å². The molecule has 0 aliphatic heterocycles. The standard InChI is InChI=1S/C7H11F2N5S/c1-3(2)11-6-12-5(10)13-7(14-6)15-4(8)9/h3-4H,1-2H3,(H3,10,11,12,13,14). The summed E-state index contributed by atoms with van der Waals surface area (Å²) in [6, 6.07) is 0.0937. The molecule has 84 valence electrons. The first kappa shape index (κ1) is 11.9. The van der Waals surface area contributed by atoms with Gasteiger partial charge in [0, 0.05) is 6.04 Å². The Morgan fingerprint density at radius 1 is 1.27 bits per heavy atom. The molecule has 0 aliphatic rings. The Morgan fingerprint density at radius 3 is 2.47 bits per heavy atom. The molecule has 0 unspecified atom stereocenters. The van der Waals surface area contributed by atoms with Crippen LogP contribution in [0.5, 0.6) is 0 Å². The topological polar surface area (TPSA) is 76.7 Å². The molecule has 0 spiro atoms. The number of anilines is 2. The first-order valence-electron chi connectivity index (χ1n) is 4.20. The van der Waals surface area contributed by atoms with Crippen molar-refractivity contribution in [3.8, 4) is 0 Å². The van der Waals surface area contributed by atoms with Gasteiger partial charge in [-0.1, -0.05) is 0 Å². The van der Waals surface area contributed by atoms with Gasteiger partial charge in [-0.05, 0) is 25.6 Å². The highest BCUT2D eigenvalue weighted by Gasteiger charge is 2.11. The molecule has 0 bridgehead atoms. The van der Waals surface area contributed by atoms with Crippen LogP contribution in [-0.2, 0) is 0 Å². The van der Waals surface area contributed by atoms with Gasteiger partial charge in [0.05, 0.1) is 0 Å². The number of nitrogen functional groups attached to an aromatic ring is 1. The molecule has 0 saturated carbocycles. The zero-order chi connectivity index (χ0) is 11.4. The van der Waals surface area contributed by atoms with E-state index in [0.29, 0.717) is 0 Å². The molecular weight excluding hydrogens is 224 g/mol. The van der Waals surface area contributed by atoms with Crippen LogP contribution in [0.3, 0.4) is 0 Å². The van der Waals surface area contributed by atoms with Crippen LogP contribution in [0.2, 0.25) is 0 Å². The minimum atomic E-state index is -2.57. The summed E-state index contributed by atoms with van der Waals surface area (Å²) >= 11 is 0.238. The van der Waals surface area contributed by atoms with Gasteiger partial charge in [0.25, 0.3) is 5.76 Å². The summed E-state index contributed by atoms with van der Waals surface area (Å²) < 4.78 is 24.1. The Morgan fingerprint density at radius 2 is 1.93 bits per heavy atom. The van der Waals surface area contributed by atoms with E-state index in [1.165, 1.54) is 0 Å². The van der Waals surface area contributed by atoms with Gasteiger partial charge in [-0.2, -0.15) is 23.7 Å². The number of alkyl halides is 2. The van der Waals surface area contributed by atoms with Gasteiger partial charge in [-0.25, -0.2) is 0 Å². The molecule has 3 N–H and O–H groups in total. The van der Waals surface area contributed by atoms with Crippen LogP contribution in [0, 0.1) is 0 Å². The van der Waals surface area contributed by atoms with Crippen molar-refractivity contribution in [2.24, 2.45) is 0 Å². The first-order valence-corrected chi connectivity index (χ1v) is 5.08. The third-order valence-electron chi connectivity index (χ3n) is 1.24. The Kier molecular flexibility index (Phi) is 4.01. The van der Waals surface area contributed by atoms with Crippen molar-refractivity contribution in [1.29, 1.82) is 0 Å². The lowest BCUT2D eigenvalue weighted by atomic mass is 10.4. The molecule has 15 heavy (non-hydrogen) atoms. The summed E-state index contributed by atoms with van der Waals surface area (Å²) in [4.78, 5) is 11.1. The van der Waals surface area contributed by atoms with Gasteiger partial charge in [0.1, 0.15) is 0 Å². The van der Waals surface area contributed by atoms with Crippen molar-refractivity contribution in [2.45, 2.75) is 30.8 Å². The SMILES string of the molecule is CC(C)Nc1nc(N)nc(SC(F)F)n1. The second-order valence-corrected chi connectivity index (χ2v) is 3.93. The van der Waals surface area contributed by atoms with E-state index in [-0.39, 0.29) is 34.9 Å². The number of aromatic nitrogens is 3. The molecule has 1 aromatic rings. The fraction of sp³-hybridized carbons (Fsp3) is 0.571. The highest BCUT2D eigenvalue weighted by Crippen LogP contribution is 2.22. The van der Waals surface area contributed by atoms with Gasteiger partial charge >= 0.3 is 0 Å². The molecule has 1 aromatic heterocycles. The van der Waals surface area contributed by atoms with Crippen LogP contribution in [0.4, 0.5) is 20.7 Å². The van der Waals surface area contributed by atoms with Crippen LogP contribution in [0.25, 0.3) is 0 Å². The molecule has 8 heteroatoms. The number of thioether (sulfide) groups is 1. The van der Waals surface area contributed by atoms with Crippen molar-refractivity contribution in [3.05, 3.63) is 0 Å². The van der Waals surface area contributed by atoms with Crippen LogP contribution in [-0.4, -0.2) is 26.8 Å². The average molecular weight is 235 g/mol. The summed E-state index contributed by atoms with van der Waals surface area (Å²) in [5.74, 6) is -2.43. The predicted molar refractivity (Wildman–Crippen MR) is 54.9 cm³/mol. The van der Waals surface area contributed by atoms with Crippen molar-refractivity contribution in [1.82, 2.24) is 15.0 Å². The van der Waals surface area contributed by atoms with E-state index < -0.39 is 5.76 Å². The van der Waals surface area contributed by atoms with Crippen LogP contribution in [0.1, 0.15) is 13.8 Å². The number of hydrogen-bond acceptors (Lipinski definition) is 6. The lowest BCUT2D eigenvalue weighted by molar-refractivity contribution is 0.251. The third-order valence-corrected chi connectivity index (χ3v) is 1.82. The van der Waals surface area contributed by atoms with Crippen LogP contribution in [0.15, 0.2) is 5.16 Å². The van der Waals surface area contributed by atoms with Crippen molar-refractivity contribution >= 4 is 23.7 Å². The summed E-state index contributed by atoms with van der Waals surface area (Å²) in [6.45, 7) is 3.75. The fourth-order valence-corrected chi connectivity index (χ4v) is 1.27. The second kappa shape index (κ2) is 5.06. The maximum Gasteiger partial charge on any atom is 0.291 e. The molecule has 1 heterocycles. The normalized spacial score (nSPS) is 11.1. The minimum absolute atomic E-state index is 0.0729. The zero-order valence-corrected chi connectivity index (χ0v) is 9.05. The molecule has 5 nitrogen and oxygen atoms in total. The molecule has 0 atom stereocenters. The molecule has 1 rings (SSSR count). The quantitative estimate of drug-likeness (QED) is 0.772. The molecule has 0 fully saturated rings. The summed E-state index contributed by atoms with van der Waals surface area (Å²) in [6.07, 6.45) is 0. The van der Waals surface area contributed by atoms with E-state index in [0.717, 1.165) is 0 Å². The van der Waals surface area contributed by atoms with Gasteiger partial charge in [-0.15, -0.1) is 0 Å². The van der Waals surface area contributed by atoms with E-state index >= 15 is 0 Å². The van der Waals surface area contributed by atoms with E-state index in [1.807, 2.05) is 13.8 Å². The largest absolute Gasteiger partial charge is 0.368 e. The second-order valence-electron chi connectivity index (χ2n) is 2.98. The number of hydrogen-bond donors (Lipinski definition) is 2. The zero-order valence-electron chi connectivity index (χ0n) is 8.24. The number of nitrogens with one attached hydrogen (secondary N) is 1. The highest BCUT2D eigenvalue weighted by atomic mass is 32.2. The van der Waals surface area contributed by atoms with E-state index in [1.54, 1.807) is 0 Å². The number of halogens is 2. The van der Waals surface area contributed by atoms with Gasteiger partial charge in [-0.3, -0.25) is 0 Å². The average Bonchev–Trinajstić information content (AvgIpc) is 1.98. The van der Waals surface area contributed by atoms with E-state index in [2.05, 4.69) is 20.3 Å². The molecule has 0 saturated heterocycles. The highest BCUT2D eigenvalue weighted by molar-refractivity contribution is 7.99. The number of nitrogens with two attached hydrogens (primary N) is 1. The molecule has 0 radical (unpaired) electrons. The molecule has 0 aromatic carbocycles. The van der Waals surface area contributed by atoms with Gasteiger partial charge < -0.3 is 11.1 Å². The lowest BCUT2D eigenvalue weighted by Gasteiger charge is -2.08. The van der Waals surface area contributed by atoms with Crippen molar-refractivity contribution in [2.75, 3.05) is 11.1 Å². The van der Waals surface area contributed by atoms with Crippen LogP contribution < -0.4 is 11.1 Å². The Balaban J connectivity index is 2.84. The molecule has 0 amide bonds. The summed E-state index contributed by atoms with van der Waals surface area (Å²) in [5.41, 5.74) is 5.35. The summed E-state index contributed by atoms with van der Waals surface area (Å²) in [7, 11) is 0. The maximum atomic E-state index is 12.0. The fourth-order valence-electron chi connectivity index (χ4n) is 0.827. The molecule has 0 aliphatic carbocycles. The lowest BCUT2D eigenvalue weighted by Crippen LogP contribution is -2.14. The smallest absolute Gasteiger partial charge is 0.291 e. The number of rotatable bonds is 4. The Hall–Kier alpha value is -1.18. The molecular formula is C7H11F2N5S. The Labute approximate surface area is 89.9 Å². The van der Waals surface area contributed by atoms with E-state index in [9.17, 15) is 8.78 Å². The first-order chi connectivity index (χ1) is 6.97. The van der Waals surface area contributed by atoms with Gasteiger partial charge in [0.15, 0.2) is 5.16 Å². The van der Waals surface area contributed by atoms with Crippen molar-refractivity contribution in [3.63, 3.8) is 0 Å². The third kappa shape index (κ3) is 4.24. The van der Waals surface area contributed by atoms with Gasteiger partial charge in [0.2, 0.25) is 11.9 Å². The van der Waals surface area contributed by atoms with Crippen LogP contribution >= 0.6 is 11.8 Å². The minimum Gasteiger partial charge on any atom is -0.368 e. The summed E-state index contributed by atoms with van der Waals surface area (Å²) in [5, 5.41) is 2.78. The van der Waals surface area contributed by atoms with E-state index in [4.69, 9.17) is 5.73 Å². The monoisotopic (exact) mass is 235 g/mol.